The number of aromatic amines is 1. The number of hydrogen-bond donors (Lipinski definition) is 1. The van der Waals surface area contributed by atoms with Crippen LogP contribution in [-0.4, -0.2) is 9.97 Å². The molecule has 0 amide bonds. The number of aromatic nitrogens is 2. The summed E-state index contributed by atoms with van der Waals surface area (Å²) in [6, 6.07) is 20.5. The molecule has 2 nitrogen and oxygen atoms in total. The van der Waals surface area contributed by atoms with E-state index in [1.54, 1.807) is 0 Å². The zero-order chi connectivity index (χ0) is 22.8. The summed E-state index contributed by atoms with van der Waals surface area (Å²) in [6.45, 7) is 17.9. The molecule has 3 rings (SSSR count). The van der Waals surface area contributed by atoms with Crippen LogP contribution >= 0.6 is 0 Å². The number of hydrogen-bond acceptors (Lipinski definition) is 1. The average Bonchev–Trinajstić information content (AvgIpc) is 3.30. The molecule has 0 saturated heterocycles. The Morgan fingerprint density at radius 2 is 1.30 bits per heavy atom. The van der Waals surface area contributed by atoms with Crippen LogP contribution in [0.2, 0.25) is 0 Å². The Kier molecular flexibility index (Phi) is 15.0. The molecule has 0 atom stereocenters. The Morgan fingerprint density at radius 3 is 1.77 bits per heavy atom. The van der Waals surface area contributed by atoms with Gasteiger partial charge in [-0.1, -0.05) is 133 Å². The number of rotatable bonds is 5. The van der Waals surface area contributed by atoms with Crippen molar-refractivity contribution in [2.24, 2.45) is 0 Å². The van der Waals surface area contributed by atoms with Gasteiger partial charge in [0.25, 0.3) is 0 Å². The van der Waals surface area contributed by atoms with E-state index in [1.807, 2.05) is 109 Å². The van der Waals surface area contributed by atoms with Crippen molar-refractivity contribution >= 4 is 5.57 Å². The second-order valence-corrected chi connectivity index (χ2v) is 5.39. The Morgan fingerprint density at radius 1 is 0.800 bits per heavy atom. The van der Waals surface area contributed by atoms with Crippen LogP contribution in [0.3, 0.4) is 0 Å². The predicted molar refractivity (Wildman–Crippen MR) is 136 cm³/mol. The molecule has 0 unspecified atom stereocenters. The van der Waals surface area contributed by atoms with Gasteiger partial charge in [-0.3, -0.25) is 0 Å². The summed E-state index contributed by atoms with van der Waals surface area (Å²) in [6.07, 6.45) is 7.81. The molecule has 0 bridgehead atoms. The van der Waals surface area contributed by atoms with Crippen molar-refractivity contribution in [1.29, 1.82) is 0 Å². The molecule has 0 fully saturated rings. The fourth-order valence-corrected chi connectivity index (χ4v) is 2.57. The minimum Gasteiger partial charge on any atom is -0.337 e. The number of imidazole rings is 1. The summed E-state index contributed by atoms with van der Waals surface area (Å²) >= 11 is 0. The first-order valence-corrected chi connectivity index (χ1v) is 11.0. The predicted octanol–water partition coefficient (Wildman–Crippen LogP) is 8.97. The molecular weight excluding hydrogens is 364 g/mol. The zero-order valence-electron chi connectivity index (χ0n) is 19.7. The first kappa shape index (κ1) is 26.9. The lowest BCUT2D eigenvalue weighted by molar-refractivity contribution is 1.25. The van der Waals surface area contributed by atoms with E-state index in [4.69, 9.17) is 4.98 Å². The summed E-state index contributed by atoms with van der Waals surface area (Å²) in [5.41, 5.74) is 5.14. The molecule has 0 aliphatic rings. The van der Waals surface area contributed by atoms with Gasteiger partial charge >= 0.3 is 0 Å². The standard InChI is InChI=1S/C22H20N2.3C2H6/c1-3-5-12-17(4-2)22-23-20(18-13-8-6-9-14-18)21(24-22)19-15-10-7-11-16-19;3*1-2/h3-16H,2H2,1H3,(H,23,24);3*1-2H3/b5-3-,17-12+;;;. The molecule has 1 N–H and O–H groups in total. The maximum atomic E-state index is 4.85. The van der Waals surface area contributed by atoms with Crippen LogP contribution in [0.5, 0.6) is 0 Å². The van der Waals surface area contributed by atoms with Gasteiger partial charge in [-0.15, -0.1) is 0 Å². The molecule has 1 aromatic heterocycles. The summed E-state index contributed by atoms with van der Waals surface area (Å²) in [5, 5.41) is 0. The molecule has 0 aliphatic heterocycles. The van der Waals surface area contributed by atoms with Crippen molar-refractivity contribution in [2.75, 3.05) is 0 Å². The molecule has 2 heteroatoms. The van der Waals surface area contributed by atoms with E-state index in [1.165, 1.54) is 0 Å². The Bertz CT molecular complexity index is 813. The Balaban J connectivity index is 0.00000129. The van der Waals surface area contributed by atoms with Gasteiger partial charge in [0.15, 0.2) is 0 Å². The first-order chi connectivity index (χ1) is 14.8. The summed E-state index contributed by atoms with van der Waals surface area (Å²) in [7, 11) is 0. The fraction of sp³-hybridized carbons (Fsp3) is 0.250. The molecule has 3 aromatic rings. The molecule has 30 heavy (non-hydrogen) atoms. The van der Waals surface area contributed by atoms with E-state index in [9.17, 15) is 0 Å². The monoisotopic (exact) mass is 402 g/mol. The van der Waals surface area contributed by atoms with E-state index in [0.717, 1.165) is 33.9 Å². The van der Waals surface area contributed by atoms with Crippen molar-refractivity contribution in [1.82, 2.24) is 9.97 Å². The number of nitrogens with zero attached hydrogens (tertiary/aromatic N) is 1. The molecule has 0 aliphatic carbocycles. The molecule has 160 valence electrons. The van der Waals surface area contributed by atoms with Gasteiger partial charge < -0.3 is 4.98 Å². The average molecular weight is 403 g/mol. The third kappa shape index (κ3) is 7.71. The minimum absolute atomic E-state index is 0.820. The van der Waals surface area contributed by atoms with Crippen LogP contribution in [0, 0.1) is 0 Å². The first-order valence-electron chi connectivity index (χ1n) is 11.0. The third-order valence-corrected chi connectivity index (χ3v) is 3.78. The molecule has 0 radical (unpaired) electrons. The Labute approximate surface area is 184 Å². The van der Waals surface area contributed by atoms with Gasteiger partial charge in [-0.05, 0) is 6.92 Å². The van der Waals surface area contributed by atoms with Gasteiger partial charge in [0.1, 0.15) is 5.82 Å². The van der Waals surface area contributed by atoms with Gasteiger partial charge in [-0.25, -0.2) is 4.98 Å². The van der Waals surface area contributed by atoms with E-state index in [0.29, 0.717) is 0 Å². The van der Waals surface area contributed by atoms with Crippen LogP contribution in [0.1, 0.15) is 54.3 Å². The highest BCUT2D eigenvalue weighted by molar-refractivity contribution is 5.82. The van der Waals surface area contributed by atoms with Crippen molar-refractivity contribution in [3.63, 3.8) is 0 Å². The minimum atomic E-state index is 0.820. The summed E-state index contributed by atoms with van der Waals surface area (Å²) in [5.74, 6) is 0.820. The molecule has 0 saturated carbocycles. The third-order valence-electron chi connectivity index (χ3n) is 3.78. The summed E-state index contributed by atoms with van der Waals surface area (Å²) in [4.78, 5) is 8.32. The van der Waals surface area contributed by atoms with Gasteiger partial charge in [0, 0.05) is 16.7 Å². The topological polar surface area (TPSA) is 28.7 Å². The molecule has 2 aromatic carbocycles. The number of benzene rings is 2. The van der Waals surface area contributed by atoms with E-state index in [-0.39, 0.29) is 0 Å². The molecule has 0 spiro atoms. The van der Waals surface area contributed by atoms with Crippen molar-refractivity contribution in [3.8, 4) is 22.5 Å². The van der Waals surface area contributed by atoms with Crippen LogP contribution in [-0.2, 0) is 0 Å². The summed E-state index contributed by atoms with van der Waals surface area (Å²) < 4.78 is 0. The lowest BCUT2D eigenvalue weighted by Crippen LogP contribution is -1.84. The number of nitrogens with one attached hydrogen (secondary N) is 1. The van der Waals surface area contributed by atoms with E-state index >= 15 is 0 Å². The SMILES string of the molecule is C=C/C(=C\C=C/C)c1nc(-c2ccccc2)c(-c2ccccc2)[nH]1.CC.CC.CC. The van der Waals surface area contributed by atoms with Gasteiger partial charge in [-0.2, -0.15) is 0 Å². The quantitative estimate of drug-likeness (QED) is 0.424. The molecular formula is C28H38N2. The number of H-pyrrole nitrogens is 1. The zero-order valence-corrected chi connectivity index (χ0v) is 19.7. The fourth-order valence-electron chi connectivity index (χ4n) is 2.57. The normalized spacial score (nSPS) is 10.0. The highest BCUT2D eigenvalue weighted by Gasteiger charge is 2.14. The van der Waals surface area contributed by atoms with Crippen LogP contribution in [0.15, 0.2) is 91.5 Å². The van der Waals surface area contributed by atoms with Gasteiger partial charge in [0.2, 0.25) is 0 Å². The van der Waals surface area contributed by atoms with E-state index < -0.39 is 0 Å². The van der Waals surface area contributed by atoms with E-state index in [2.05, 4.69) is 35.8 Å². The van der Waals surface area contributed by atoms with Crippen molar-refractivity contribution in [2.45, 2.75) is 48.5 Å². The highest BCUT2D eigenvalue weighted by atomic mass is 14.9. The smallest absolute Gasteiger partial charge is 0.138 e. The second-order valence-electron chi connectivity index (χ2n) is 5.39. The molecule has 1 heterocycles. The maximum absolute atomic E-state index is 4.85. The lowest BCUT2D eigenvalue weighted by Gasteiger charge is -2.02. The van der Waals surface area contributed by atoms with Crippen molar-refractivity contribution < 1.29 is 0 Å². The van der Waals surface area contributed by atoms with Crippen LogP contribution in [0.25, 0.3) is 28.1 Å². The largest absolute Gasteiger partial charge is 0.337 e. The van der Waals surface area contributed by atoms with Crippen LogP contribution < -0.4 is 0 Å². The second kappa shape index (κ2) is 16.8. The van der Waals surface area contributed by atoms with Gasteiger partial charge in [0.05, 0.1) is 11.4 Å². The van der Waals surface area contributed by atoms with Crippen LogP contribution in [0.4, 0.5) is 0 Å². The highest BCUT2D eigenvalue weighted by Crippen LogP contribution is 2.31. The van der Waals surface area contributed by atoms with Crippen molar-refractivity contribution in [3.05, 3.63) is 97.4 Å². The maximum Gasteiger partial charge on any atom is 0.138 e. The Hall–Kier alpha value is -3.13. The lowest BCUT2D eigenvalue weighted by atomic mass is 10.1. The number of allylic oxidation sites excluding steroid dienone is 5.